The topological polar surface area (TPSA) is 15.3 Å². The summed E-state index contributed by atoms with van der Waals surface area (Å²) in [5.74, 6) is 0.907. The van der Waals surface area contributed by atoms with Gasteiger partial charge in [-0.2, -0.15) is 0 Å². The van der Waals surface area contributed by atoms with Crippen LogP contribution in [0.1, 0.15) is 45.6 Å². The van der Waals surface area contributed by atoms with E-state index in [-0.39, 0.29) is 0 Å². The molecule has 1 aromatic rings. The van der Waals surface area contributed by atoms with Crippen LogP contribution in [0.5, 0.6) is 0 Å². The quantitative estimate of drug-likeness (QED) is 0.783. The molecule has 2 nitrogen and oxygen atoms in total. The second kappa shape index (κ2) is 7.46. The van der Waals surface area contributed by atoms with Crippen molar-refractivity contribution in [3.63, 3.8) is 0 Å². The lowest BCUT2D eigenvalue weighted by Crippen LogP contribution is -2.33. The number of halogens is 1. The van der Waals surface area contributed by atoms with Crippen LogP contribution in [0.4, 0.5) is 5.69 Å². The molecule has 1 aliphatic rings. The van der Waals surface area contributed by atoms with Crippen LogP contribution in [0, 0.1) is 5.92 Å². The van der Waals surface area contributed by atoms with Gasteiger partial charge in [-0.1, -0.05) is 36.2 Å². The highest BCUT2D eigenvalue weighted by atomic mass is 79.9. The molecule has 0 bridgehead atoms. The molecule has 1 aromatic carbocycles. The van der Waals surface area contributed by atoms with Gasteiger partial charge in [0, 0.05) is 35.8 Å². The summed E-state index contributed by atoms with van der Waals surface area (Å²) in [5.41, 5.74) is 2.80. The van der Waals surface area contributed by atoms with Crippen molar-refractivity contribution >= 4 is 21.6 Å². The van der Waals surface area contributed by atoms with E-state index in [0.29, 0.717) is 6.04 Å². The van der Waals surface area contributed by atoms with Crippen molar-refractivity contribution in [3.8, 4) is 0 Å². The Bertz CT molecular complexity index is 427. The standard InChI is InChI=1S/C17H27BrN2/c1-4-20(12-14-6-5-7-14)17-9-8-16(18)10-15(17)11-19-13(2)3/h8-10,13-14,19H,4-7,11-12H2,1-3H3. The first-order valence-corrected chi connectivity index (χ1v) is 8.66. The van der Waals surface area contributed by atoms with Crippen LogP contribution in [0.3, 0.4) is 0 Å². The zero-order valence-corrected chi connectivity index (χ0v) is 14.5. The molecule has 3 heteroatoms. The molecule has 0 heterocycles. The minimum Gasteiger partial charge on any atom is -0.371 e. The number of hydrogen-bond acceptors (Lipinski definition) is 2. The molecular weight excluding hydrogens is 312 g/mol. The smallest absolute Gasteiger partial charge is 0.0412 e. The molecule has 0 spiro atoms. The van der Waals surface area contributed by atoms with Gasteiger partial charge in [0.2, 0.25) is 0 Å². The number of anilines is 1. The van der Waals surface area contributed by atoms with Gasteiger partial charge in [0.1, 0.15) is 0 Å². The molecule has 2 rings (SSSR count). The SMILES string of the molecule is CCN(CC1CCC1)c1ccc(Br)cc1CNC(C)C. The number of benzene rings is 1. The van der Waals surface area contributed by atoms with E-state index in [1.807, 2.05) is 0 Å². The van der Waals surface area contributed by atoms with E-state index in [9.17, 15) is 0 Å². The Morgan fingerprint density at radius 1 is 1.35 bits per heavy atom. The Morgan fingerprint density at radius 2 is 2.10 bits per heavy atom. The van der Waals surface area contributed by atoms with Crippen LogP contribution >= 0.6 is 15.9 Å². The highest BCUT2D eigenvalue weighted by molar-refractivity contribution is 9.10. The number of hydrogen-bond donors (Lipinski definition) is 1. The van der Waals surface area contributed by atoms with Crippen molar-refractivity contribution in [2.24, 2.45) is 5.92 Å². The molecule has 1 fully saturated rings. The maximum atomic E-state index is 3.60. The fourth-order valence-electron chi connectivity index (χ4n) is 2.70. The van der Waals surface area contributed by atoms with Gasteiger partial charge < -0.3 is 10.2 Å². The predicted molar refractivity (Wildman–Crippen MR) is 91.3 cm³/mol. The average molecular weight is 339 g/mol. The van der Waals surface area contributed by atoms with Crippen molar-refractivity contribution in [1.29, 1.82) is 0 Å². The van der Waals surface area contributed by atoms with Gasteiger partial charge in [-0.15, -0.1) is 0 Å². The molecule has 0 aromatic heterocycles. The van der Waals surface area contributed by atoms with Crippen molar-refractivity contribution in [1.82, 2.24) is 5.32 Å². The van der Waals surface area contributed by atoms with Crippen molar-refractivity contribution in [2.45, 2.75) is 52.6 Å². The summed E-state index contributed by atoms with van der Waals surface area (Å²) >= 11 is 3.60. The highest BCUT2D eigenvalue weighted by Crippen LogP contribution is 2.31. The van der Waals surface area contributed by atoms with E-state index in [2.05, 4.69) is 65.1 Å². The highest BCUT2D eigenvalue weighted by Gasteiger charge is 2.21. The summed E-state index contributed by atoms with van der Waals surface area (Å²) in [7, 11) is 0. The molecule has 0 saturated heterocycles. The van der Waals surface area contributed by atoms with Gasteiger partial charge in [-0.05, 0) is 49.4 Å². The zero-order valence-electron chi connectivity index (χ0n) is 13.0. The van der Waals surface area contributed by atoms with Gasteiger partial charge >= 0.3 is 0 Å². The van der Waals surface area contributed by atoms with Crippen LogP contribution in [0.2, 0.25) is 0 Å². The molecular formula is C17H27BrN2. The molecule has 0 atom stereocenters. The molecule has 1 N–H and O–H groups in total. The second-order valence-corrected chi connectivity index (χ2v) is 7.06. The monoisotopic (exact) mass is 338 g/mol. The zero-order chi connectivity index (χ0) is 14.5. The first kappa shape index (κ1) is 15.8. The summed E-state index contributed by atoms with van der Waals surface area (Å²) in [4.78, 5) is 2.55. The number of nitrogens with one attached hydrogen (secondary N) is 1. The molecule has 0 unspecified atom stereocenters. The van der Waals surface area contributed by atoms with Gasteiger partial charge in [0.25, 0.3) is 0 Å². The Labute approximate surface area is 132 Å². The molecule has 1 aliphatic carbocycles. The van der Waals surface area contributed by atoms with Gasteiger partial charge in [0.15, 0.2) is 0 Å². The average Bonchev–Trinajstić information content (AvgIpc) is 2.36. The van der Waals surface area contributed by atoms with Crippen molar-refractivity contribution in [2.75, 3.05) is 18.0 Å². The fourth-order valence-corrected chi connectivity index (χ4v) is 3.11. The van der Waals surface area contributed by atoms with Crippen LogP contribution in [0.15, 0.2) is 22.7 Å². The van der Waals surface area contributed by atoms with Crippen molar-refractivity contribution < 1.29 is 0 Å². The summed E-state index contributed by atoms with van der Waals surface area (Å²) in [6.07, 6.45) is 4.24. The normalized spacial score (nSPS) is 15.4. The predicted octanol–water partition coefficient (Wildman–Crippen LogP) is 4.57. The summed E-state index contributed by atoms with van der Waals surface area (Å²) < 4.78 is 1.17. The second-order valence-electron chi connectivity index (χ2n) is 6.14. The summed E-state index contributed by atoms with van der Waals surface area (Å²) in [6, 6.07) is 7.21. The Kier molecular flexibility index (Phi) is 5.91. The minimum absolute atomic E-state index is 0.517. The summed E-state index contributed by atoms with van der Waals surface area (Å²) in [5, 5.41) is 3.54. The van der Waals surface area contributed by atoms with Crippen LogP contribution in [-0.4, -0.2) is 19.1 Å². The van der Waals surface area contributed by atoms with Crippen molar-refractivity contribution in [3.05, 3.63) is 28.2 Å². The van der Waals surface area contributed by atoms with Crippen LogP contribution < -0.4 is 10.2 Å². The Hall–Kier alpha value is -0.540. The molecule has 20 heavy (non-hydrogen) atoms. The number of rotatable bonds is 7. The maximum Gasteiger partial charge on any atom is 0.0412 e. The van der Waals surface area contributed by atoms with Gasteiger partial charge in [-0.3, -0.25) is 0 Å². The van der Waals surface area contributed by atoms with Crippen LogP contribution in [0.25, 0.3) is 0 Å². The number of nitrogens with zero attached hydrogens (tertiary/aromatic N) is 1. The molecule has 1 saturated carbocycles. The first-order valence-electron chi connectivity index (χ1n) is 7.87. The van der Waals surface area contributed by atoms with Gasteiger partial charge in [-0.25, -0.2) is 0 Å². The van der Waals surface area contributed by atoms with E-state index in [1.54, 1.807) is 0 Å². The van der Waals surface area contributed by atoms with Crippen LogP contribution in [-0.2, 0) is 6.54 Å². The van der Waals surface area contributed by atoms with E-state index in [4.69, 9.17) is 0 Å². The minimum atomic E-state index is 0.517. The van der Waals surface area contributed by atoms with E-state index in [1.165, 1.54) is 41.5 Å². The maximum absolute atomic E-state index is 3.60. The largest absolute Gasteiger partial charge is 0.371 e. The first-order chi connectivity index (χ1) is 9.60. The molecule has 0 aliphatic heterocycles. The summed E-state index contributed by atoms with van der Waals surface area (Å²) in [6.45, 7) is 9.90. The molecule has 0 amide bonds. The lowest BCUT2D eigenvalue weighted by atomic mass is 9.85. The third kappa shape index (κ3) is 4.23. The molecule has 112 valence electrons. The van der Waals surface area contributed by atoms with E-state index >= 15 is 0 Å². The third-order valence-corrected chi connectivity index (χ3v) is 4.66. The lowest BCUT2D eigenvalue weighted by Gasteiger charge is -2.34. The van der Waals surface area contributed by atoms with Gasteiger partial charge in [0.05, 0.1) is 0 Å². The Morgan fingerprint density at radius 3 is 2.65 bits per heavy atom. The van der Waals surface area contributed by atoms with E-state index in [0.717, 1.165) is 19.0 Å². The Balaban J connectivity index is 2.13. The van der Waals surface area contributed by atoms with E-state index < -0.39 is 0 Å². The lowest BCUT2D eigenvalue weighted by molar-refractivity contribution is 0.318. The molecule has 0 radical (unpaired) electrons. The fraction of sp³-hybridized carbons (Fsp3) is 0.647. The third-order valence-electron chi connectivity index (χ3n) is 4.17.